The highest BCUT2D eigenvalue weighted by atomic mass is 32.1. The summed E-state index contributed by atoms with van der Waals surface area (Å²) in [4.78, 5) is 4.11. The Morgan fingerprint density at radius 2 is 2.00 bits per heavy atom. The maximum atomic E-state index is 3.71. The second-order valence-corrected chi connectivity index (χ2v) is 6.68. The zero-order valence-corrected chi connectivity index (χ0v) is 12.7. The van der Waals surface area contributed by atoms with E-state index in [1.807, 2.05) is 11.3 Å². The maximum Gasteiger partial charge on any atom is 0.0386 e. The molecule has 1 aliphatic rings. The lowest BCUT2D eigenvalue weighted by Crippen LogP contribution is -2.44. The summed E-state index contributed by atoms with van der Waals surface area (Å²) in [6.07, 6.45) is 2.76. The van der Waals surface area contributed by atoms with Crippen LogP contribution in [0.25, 0.3) is 0 Å². The SMILES string of the molecule is CC(NCC(C(C)C)N1CCCC1)c1cccs1. The molecule has 1 aromatic heterocycles. The summed E-state index contributed by atoms with van der Waals surface area (Å²) in [5.41, 5.74) is 0. The van der Waals surface area contributed by atoms with Crippen molar-refractivity contribution in [2.45, 2.75) is 45.7 Å². The van der Waals surface area contributed by atoms with Gasteiger partial charge >= 0.3 is 0 Å². The van der Waals surface area contributed by atoms with Gasteiger partial charge in [-0.1, -0.05) is 19.9 Å². The molecule has 102 valence electrons. The number of hydrogen-bond acceptors (Lipinski definition) is 3. The highest BCUT2D eigenvalue weighted by molar-refractivity contribution is 7.10. The minimum absolute atomic E-state index is 0.480. The van der Waals surface area contributed by atoms with Crippen LogP contribution in [0, 0.1) is 5.92 Å². The van der Waals surface area contributed by atoms with Gasteiger partial charge in [0.25, 0.3) is 0 Å². The molecular weight excluding hydrogens is 240 g/mol. The number of nitrogens with zero attached hydrogens (tertiary/aromatic N) is 1. The zero-order chi connectivity index (χ0) is 13.0. The molecule has 0 radical (unpaired) electrons. The van der Waals surface area contributed by atoms with Gasteiger partial charge in [-0.3, -0.25) is 4.90 Å². The van der Waals surface area contributed by atoms with Crippen LogP contribution in [-0.4, -0.2) is 30.6 Å². The summed E-state index contributed by atoms with van der Waals surface area (Å²) in [7, 11) is 0. The summed E-state index contributed by atoms with van der Waals surface area (Å²) in [5, 5.41) is 5.87. The Morgan fingerprint density at radius 1 is 1.28 bits per heavy atom. The van der Waals surface area contributed by atoms with Gasteiger partial charge in [-0.25, -0.2) is 0 Å². The summed E-state index contributed by atoms with van der Waals surface area (Å²) < 4.78 is 0. The molecule has 0 aliphatic carbocycles. The topological polar surface area (TPSA) is 15.3 Å². The van der Waals surface area contributed by atoms with Crippen molar-refractivity contribution in [3.05, 3.63) is 22.4 Å². The molecule has 1 aromatic rings. The Labute approximate surface area is 115 Å². The summed E-state index contributed by atoms with van der Waals surface area (Å²) in [6, 6.07) is 5.53. The van der Waals surface area contributed by atoms with Crippen LogP contribution >= 0.6 is 11.3 Å². The molecule has 0 saturated carbocycles. The molecule has 1 fully saturated rings. The Hall–Kier alpha value is -0.380. The van der Waals surface area contributed by atoms with Crippen molar-refractivity contribution < 1.29 is 0 Å². The molecule has 2 nitrogen and oxygen atoms in total. The number of nitrogens with one attached hydrogen (secondary N) is 1. The van der Waals surface area contributed by atoms with Gasteiger partial charge in [-0.05, 0) is 50.2 Å². The number of thiophene rings is 1. The Kier molecular flexibility index (Phi) is 5.22. The first-order chi connectivity index (χ1) is 8.68. The molecule has 3 heteroatoms. The van der Waals surface area contributed by atoms with E-state index in [-0.39, 0.29) is 0 Å². The van der Waals surface area contributed by atoms with E-state index in [1.54, 1.807) is 0 Å². The lowest BCUT2D eigenvalue weighted by atomic mass is 10.0. The predicted molar refractivity (Wildman–Crippen MR) is 80.2 cm³/mol. The molecule has 1 aliphatic heterocycles. The quantitative estimate of drug-likeness (QED) is 0.847. The van der Waals surface area contributed by atoms with Crippen LogP contribution in [0.2, 0.25) is 0 Å². The standard InChI is InChI=1S/C15H26N2S/c1-12(2)14(17-8-4-5-9-17)11-16-13(3)15-7-6-10-18-15/h6-7,10,12-14,16H,4-5,8-9,11H2,1-3H3. The van der Waals surface area contributed by atoms with E-state index >= 15 is 0 Å². The zero-order valence-electron chi connectivity index (χ0n) is 11.9. The Morgan fingerprint density at radius 3 is 2.56 bits per heavy atom. The van der Waals surface area contributed by atoms with Crippen molar-refractivity contribution in [2.75, 3.05) is 19.6 Å². The van der Waals surface area contributed by atoms with Crippen molar-refractivity contribution in [3.63, 3.8) is 0 Å². The maximum absolute atomic E-state index is 3.71. The lowest BCUT2D eigenvalue weighted by Gasteiger charge is -2.32. The monoisotopic (exact) mass is 266 g/mol. The molecule has 2 atom stereocenters. The first-order valence-electron chi connectivity index (χ1n) is 7.19. The van der Waals surface area contributed by atoms with Crippen molar-refractivity contribution in [2.24, 2.45) is 5.92 Å². The number of rotatable bonds is 6. The van der Waals surface area contributed by atoms with Gasteiger partial charge < -0.3 is 5.32 Å². The molecule has 18 heavy (non-hydrogen) atoms. The van der Waals surface area contributed by atoms with E-state index in [2.05, 4.69) is 48.5 Å². The molecule has 0 aromatic carbocycles. The van der Waals surface area contributed by atoms with Crippen LogP contribution in [0.15, 0.2) is 17.5 Å². The molecule has 2 unspecified atom stereocenters. The third kappa shape index (κ3) is 3.56. The molecule has 2 heterocycles. The van der Waals surface area contributed by atoms with Gasteiger partial charge in [0.2, 0.25) is 0 Å². The Balaban J connectivity index is 1.85. The van der Waals surface area contributed by atoms with Gasteiger partial charge in [-0.15, -0.1) is 11.3 Å². The smallest absolute Gasteiger partial charge is 0.0386 e. The van der Waals surface area contributed by atoms with Crippen molar-refractivity contribution in [3.8, 4) is 0 Å². The van der Waals surface area contributed by atoms with E-state index in [0.29, 0.717) is 12.1 Å². The minimum atomic E-state index is 0.480. The molecule has 0 amide bonds. The minimum Gasteiger partial charge on any atom is -0.308 e. The molecule has 0 bridgehead atoms. The van der Waals surface area contributed by atoms with E-state index in [1.165, 1.54) is 30.8 Å². The normalized spacial score (nSPS) is 20.4. The second-order valence-electron chi connectivity index (χ2n) is 5.70. The van der Waals surface area contributed by atoms with Crippen molar-refractivity contribution in [1.82, 2.24) is 10.2 Å². The summed E-state index contributed by atoms with van der Waals surface area (Å²) in [5.74, 6) is 0.728. The van der Waals surface area contributed by atoms with Gasteiger partial charge in [0, 0.05) is 23.5 Å². The molecular formula is C15H26N2S. The molecule has 0 spiro atoms. The fraction of sp³-hybridized carbons (Fsp3) is 0.733. The van der Waals surface area contributed by atoms with E-state index in [9.17, 15) is 0 Å². The van der Waals surface area contributed by atoms with E-state index in [4.69, 9.17) is 0 Å². The van der Waals surface area contributed by atoms with E-state index < -0.39 is 0 Å². The molecule has 1 saturated heterocycles. The highest BCUT2D eigenvalue weighted by Crippen LogP contribution is 2.21. The number of likely N-dealkylation sites (tertiary alicyclic amines) is 1. The van der Waals surface area contributed by atoms with Gasteiger partial charge in [0.1, 0.15) is 0 Å². The van der Waals surface area contributed by atoms with Crippen LogP contribution in [0.5, 0.6) is 0 Å². The molecule has 2 rings (SSSR count). The second kappa shape index (κ2) is 6.69. The summed E-state index contributed by atoms with van der Waals surface area (Å²) in [6.45, 7) is 10.7. The van der Waals surface area contributed by atoms with Crippen LogP contribution in [0.1, 0.15) is 44.5 Å². The third-order valence-corrected chi connectivity index (χ3v) is 5.04. The largest absolute Gasteiger partial charge is 0.308 e. The average molecular weight is 266 g/mol. The number of hydrogen-bond donors (Lipinski definition) is 1. The fourth-order valence-corrected chi connectivity index (χ4v) is 3.55. The van der Waals surface area contributed by atoms with Gasteiger partial charge in [0.05, 0.1) is 0 Å². The lowest BCUT2D eigenvalue weighted by molar-refractivity contribution is 0.183. The summed E-state index contributed by atoms with van der Waals surface area (Å²) >= 11 is 1.85. The van der Waals surface area contributed by atoms with Crippen molar-refractivity contribution >= 4 is 11.3 Å². The molecule has 1 N–H and O–H groups in total. The average Bonchev–Trinajstić information content (AvgIpc) is 3.01. The first kappa shape index (κ1) is 14.0. The fourth-order valence-electron chi connectivity index (χ4n) is 2.80. The third-order valence-electron chi connectivity index (χ3n) is 3.98. The first-order valence-corrected chi connectivity index (χ1v) is 8.07. The highest BCUT2D eigenvalue weighted by Gasteiger charge is 2.24. The van der Waals surface area contributed by atoms with E-state index in [0.717, 1.165) is 12.5 Å². The van der Waals surface area contributed by atoms with Crippen LogP contribution in [-0.2, 0) is 0 Å². The van der Waals surface area contributed by atoms with Gasteiger partial charge in [-0.2, -0.15) is 0 Å². The Bertz CT molecular complexity index is 328. The van der Waals surface area contributed by atoms with Crippen LogP contribution in [0.3, 0.4) is 0 Å². The van der Waals surface area contributed by atoms with Gasteiger partial charge in [0.15, 0.2) is 0 Å². The van der Waals surface area contributed by atoms with Crippen LogP contribution < -0.4 is 5.32 Å². The van der Waals surface area contributed by atoms with Crippen LogP contribution in [0.4, 0.5) is 0 Å². The van der Waals surface area contributed by atoms with Crippen molar-refractivity contribution in [1.29, 1.82) is 0 Å². The predicted octanol–water partition coefficient (Wildman–Crippen LogP) is 3.52.